The van der Waals surface area contributed by atoms with E-state index in [-0.39, 0.29) is 11.1 Å². The summed E-state index contributed by atoms with van der Waals surface area (Å²) < 4.78 is 10.9. The summed E-state index contributed by atoms with van der Waals surface area (Å²) >= 11 is 0. The molecule has 1 saturated heterocycles. The molecule has 0 aliphatic carbocycles. The highest BCUT2D eigenvalue weighted by molar-refractivity contribution is 5.32. The number of hydrogen-bond acceptors (Lipinski definition) is 3. The first-order valence-corrected chi connectivity index (χ1v) is 5.97. The molecular formula is C14H21NO2. The van der Waals surface area contributed by atoms with Gasteiger partial charge in [-0.3, -0.25) is 5.32 Å². The van der Waals surface area contributed by atoms with Crippen molar-refractivity contribution in [3.8, 4) is 5.75 Å². The second-order valence-corrected chi connectivity index (χ2v) is 5.56. The molecule has 0 saturated carbocycles. The Labute approximate surface area is 103 Å². The van der Waals surface area contributed by atoms with Gasteiger partial charge in [-0.1, -0.05) is 12.1 Å². The highest BCUT2D eigenvalue weighted by atomic mass is 16.5. The van der Waals surface area contributed by atoms with Gasteiger partial charge in [-0.05, 0) is 38.5 Å². The quantitative estimate of drug-likeness (QED) is 0.853. The van der Waals surface area contributed by atoms with Crippen molar-refractivity contribution in [3.63, 3.8) is 0 Å². The van der Waals surface area contributed by atoms with Gasteiger partial charge in [-0.15, -0.1) is 0 Å². The summed E-state index contributed by atoms with van der Waals surface area (Å²) in [5.74, 6) is 0.883. The van der Waals surface area contributed by atoms with E-state index in [0.29, 0.717) is 6.61 Å². The summed E-state index contributed by atoms with van der Waals surface area (Å²) in [6.07, 6.45) is 0. The molecule has 2 rings (SSSR count). The standard InChI is InChI=1S/C14H21NO2/c1-13(2)9-17-10-14(3,15-13)11-5-7-12(16-4)8-6-11/h5-8,15H,9-10H2,1-4H3. The average Bonchev–Trinajstić information content (AvgIpc) is 2.27. The Morgan fingerprint density at radius 3 is 2.29 bits per heavy atom. The Balaban J connectivity index is 2.24. The number of ether oxygens (including phenoxy) is 2. The first-order valence-electron chi connectivity index (χ1n) is 5.97. The predicted octanol–water partition coefficient (Wildman–Crippen LogP) is 2.31. The lowest BCUT2D eigenvalue weighted by molar-refractivity contribution is -0.0264. The summed E-state index contributed by atoms with van der Waals surface area (Å²) in [5.41, 5.74) is 1.10. The maximum atomic E-state index is 5.72. The Morgan fingerprint density at radius 1 is 1.12 bits per heavy atom. The van der Waals surface area contributed by atoms with Crippen LogP contribution in [-0.4, -0.2) is 25.9 Å². The Kier molecular flexibility index (Phi) is 3.15. The molecule has 1 aliphatic rings. The van der Waals surface area contributed by atoms with Crippen LogP contribution in [0.4, 0.5) is 0 Å². The van der Waals surface area contributed by atoms with Gasteiger partial charge in [-0.25, -0.2) is 0 Å². The molecule has 3 heteroatoms. The minimum atomic E-state index is -0.131. The van der Waals surface area contributed by atoms with Crippen molar-refractivity contribution in [2.75, 3.05) is 20.3 Å². The van der Waals surface area contributed by atoms with Crippen molar-refractivity contribution >= 4 is 0 Å². The van der Waals surface area contributed by atoms with Crippen LogP contribution in [0.15, 0.2) is 24.3 Å². The molecule has 1 aliphatic heterocycles. The molecule has 17 heavy (non-hydrogen) atoms. The van der Waals surface area contributed by atoms with E-state index in [9.17, 15) is 0 Å². The molecule has 1 atom stereocenters. The molecule has 0 spiro atoms. The third-order valence-corrected chi connectivity index (χ3v) is 3.20. The molecule has 3 nitrogen and oxygen atoms in total. The highest BCUT2D eigenvalue weighted by Gasteiger charge is 2.37. The lowest BCUT2D eigenvalue weighted by Crippen LogP contribution is -2.60. The minimum absolute atomic E-state index is 0.00687. The lowest BCUT2D eigenvalue weighted by atomic mass is 9.87. The zero-order chi connectivity index (χ0) is 12.5. The minimum Gasteiger partial charge on any atom is -0.497 e. The fraction of sp³-hybridized carbons (Fsp3) is 0.571. The number of nitrogens with one attached hydrogen (secondary N) is 1. The van der Waals surface area contributed by atoms with Crippen LogP contribution < -0.4 is 10.1 Å². The van der Waals surface area contributed by atoms with Gasteiger partial charge < -0.3 is 9.47 Å². The van der Waals surface area contributed by atoms with E-state index in [2.05, 4.69) is 38.2 Å². The van der Waals surface area contributed by atoms with Crippen LogP contribution >= 0.6 is 0 Å². The molecule has 1 aromatic rings. The average molecular weight is 235 g/mol. The predicted molar refractivity (Wildman–Crippen MR) is 68.4 cm³/mol. The first kappa shape index (κ1) is 12.4. The zero-order valence-corrected chi connectivity index (χ0v) is 11.0. The fourth-order valence-corrected chi connectivity index (χ4v) is 2.44. The van der Waals surface area contributed by atoms with E-state index < -0.39 is 0 Å². The second-order valence-electron chi connectivity index (χ2n) is 5.56. The van der Waals surface area contributed by atoms with E-state index in [1.54, 1.807) is 7.11 Å². The Hall–Kier alpha value is -1.06. The molecule has 1 fully saturated rings. The van der Waals surface area contributed by atoms with E-state index in [1.165, 1.54) is 5.56 Å². The van der Waals surface area contributed by atoms with Crippen molar-refractivity contribution in [1.82, 2.24) is 5.32 Å². The van der Waals surface area contributed by atoms with Gasteiger partial charge in [0.1, 0.15) is 5.75 Å². The Bertz CT molecular complexity index is 386. The Morgan fingerprint density at radius 2 is 1.76 bits per heavy atom. The van der Waals surface area contributed by atoms with Crippen LogP contribution in [0.2, 0.25) is 0 Å². The monoisotopic (exact) mass is 235 g/mol. The van der Waals surface area contributed by atoms with Gasteiger partial charge >= 0.3 is 0 Å². The van der Waals surface area contributed by atoms with Crippen LogP contribution in [0.1, 0.15) is 26.3 Å². The summed E-state index contributed by atoms with van der Waals surface area (Å²) in [6, 6.07) is 8.17. The van der Waals surface area contributed by atoms with Gasteiger partial charge in [0.05, 0.1) is 25.9 Å². The number of methoxy groups -OCH3 is 1. The molecule has 1 N–H and O–H groups in total. The van der Waals surface area contributed by atoms with Crippen molar-refractivity contribution in [2.24, 2.45) is 0 Å². The molecule has 0 bridgehead atoms. The van der Waals surface area contributed by atoms with Gasteiger partial charge in [0, 0.05) is 5.54 Å². The number of morpholine rings is 1. The van der Waals surface area contributed by atoms with E-state index in [0.717, 1.165) is 12.4 Å². The van der Waals surface area contributed by atoms with Gasteiger partial charge in [0.15, 0.2) is 0 Å². The van der Waals surface area contributed by atoms with Gasteiger partial charge in [0.2, 0.25) is 0 Å². The third kappa shape index (κ3) is 2.61. The third-order valence-electron chi connectivity index (χ3n) is 3.20. The largest absolute Gasteiger partial charge is 0.497 e. The molecular weight excluding hydrogens is 214 g/mol. The molecule has 1 heterocycles. The topological polar surface area (TPSA) is 30.5 Å². The second kappa shape index (κ2) is 4.31. The number of benzene rings is 1. The highest BCUT2D eigenvalue weighted by Crippen LogP contribution is 2.29. The number of rotatable bonds is 2. The van der Waals surface area contributed by atoms with Crippen LogP contribution in [0.5, 0.6) is 5.75 Å². The lowest BCUT2D eigenvalue weighted by Gasteiger charge is -2.44. The van der Waals surface area contributed by atoms with Crippen molar-refractivity contribution in [3.05, 3.63) is 29.8 Å². The van der Waals surface area contributed by atoms with Crippen LogP contribution in [0.25, 0.3) is 0 Å². The molecule has 0 amide bonds. The van der Waals surface area contributed by atoms with Crippen molar-refractivity contribution < 1.29 is 9.47 Å². The molecule has 94 valence electrons. The van der Waals surface area contributed by atoms with Gasteiger partial charge in [-0.2, -0.15) is 0 Å². The van der Waals surface area contributed by atoms with E-state index in [1.807, 2.05) is 12.1 Å². The van der Waals surface area contributed by atoms with Crippen LogP contribution in [-0.2, 0) is 10.3 Å². The maximum Gasteiger partial charge on any atom is 0.118 e. The first-order chi connectivity index (χ1) is 7.95. The van der Waals surface area contributed by atoms with Gasteiger partial charge in [0.25, 0.3) is 0 Å². The number of hydrogen-bond donors (Lipinski definition) is 1. The fourth-order valence-electron chi connectivity index (χ4n) is 2.44. The van der Waals surface area contributed by atoms with Crippen molar-refractivity contribution in [1.29, 1.82) is 0 Å². The molecule has 1 unspecified atom stereocenters. The van der Waals surface area contributed by atoms with E-state index >= 15 is 0 Å². The maximum absolute atomic E-state index is 5.72. The normalized spacial score (nSPS) is 27.8. The molecule has 1 aromatic carbocycles. The zero-order valence-electron chi connectivity index (χ0n) is 11.0. The summed E-state index contributed by atoms with van der Waals surface area (Å²) in [7, 11) is 1.68. The molecule has 0 radical (unpaired) electrons. The van der Waals surface area contributed by atoms with Crippen LogP contribution in [0.3, 0.4) is 0 Å². The summed E-state index contributed by atoms with van der Waals surface area (Å²) in [6.45, 7) is 7.94. The van der Waals surface area contributed by atoms with E-state index in [4.69, 9.17) is 9.47 Å². The molecule has 0 aromatic heterocycles. The van der Waals surface area contributed by atoms with Crippen LogP contribution in [0, 0.1) is 0 Å². The van der Waals surface area contributed by atoms with Crippen molar-refractivity contribution in [2.45, 2.75) is 31.8 Å². The smallest absolute Gasteiger partial charge is 0.118 e. The summed E-state index contributed by atoms with van der Waals surface area (Å²) in [4.78, 5) is 0. The summed E-state index contributed by atoms with van der Waals surface area (Å²) in [5, 5.41) is 3.66. The SMILES string of the molecule is COc1ccc(C2(C)COCC(C)(C)N2)cc1.